The van der Waals surface area contributed by atoms with Gasteiger partial charge in [0.2, 0.25) is 5.91 Å². The van der Waals surface area contributed by atoms with Gasteiger partial charge in [-0.15, -0.1) is 0 Å². The van der Waals surface area contributed by atoms with Crippen molar-refractivity contribution in [3.8, 4) is 0 Å². The minimum absolute atomic E-state index is 0.119. The van der Waals surface area contributed by atoms with E-state index >= 15 is 0 Å². The number of amides is 1. The fraction of sp³-hybridized carbons (Fsp3) is 0.286. The molecule has 2 aliphatic heterocycles. The number of rotatable bonds is 3. The first kappa shape index (κ1) is 14.0. The Morgan fingerprint density at radius 2 is 1.90 bits per heavy atom. The highest BCUT2D eigenvalue weighted by Crippen LogP contribution is 2.39. The molecule has 2 bridgehead atoms. The maximum absolute atomic E-state index is 13.1. The van der Waals surface area contributed by atoms with Crippen LogP contribution in [0.2, 0.25) is 5.02 Å². The largest absolute Gasteiger partial charge is 0.481 e. The summed E-state index contributed by atoms with van der Waals surface area (Å²) in [5.41, 5.74) is 0.308. The molecule has 3 rings (SSSR count). The van der Waals surface area contributed by atoms with Crippen LogP contribution in [0.15, 0.2) is 30.4 Å². The number of carboxylic acids is 1. The first-order valence-electron chi connectivity index (χ1n) is 6.30. The summed E-state index contributed by atoms with van der Waals surface area (Å²) in [6, 6.07) is 3.76. The molecule has 1 aromatic carbocycles. The van der Waals surface area contributed by atoms with Crippen LogP contribution in [-0.2, 0) is 14.3 Å². The standard InChI is InChI=1S/C14H11ClFNO4/c15-7-5-6(1-2-8(7)16)17-13(18)11-9-3-4-10(21-9)12(11)14(19)20/h1-5,9-12H,(H,17,18)(H,19,20)/t9-,10+,11+,12+/m1/s1. The molecule has 1 amide bonds. The maximum Gasteiger partial charge on any atom is 0.310 e. The van der Waals surface area contributed by atoms with Crippen LogP contribution in [0, 0.1) is 17.7 Å². The minimum atomic E-state index is -1.08. The van der Waals surface area contributed by atoms with Gasteiger partial charge in [-0.25, -0.2) is 4.39 Å². The van der Waals surface area contributed by atoms with Gasteiger partial charge in [-0.3, -0.25) is 9.59 Å². The van der Waals surface area contributed by atoms with Gasteiger partial charge in [0.05, 0.1) is 23.1 Å². The van der Waals surface area contributed by atoms with Crippen molar-refractivity contribution >= 4 is 29.2 Å². The van der Waals surface area contributed by atoms with Gasteiger partial charge in [0.25, 0.3) is 0 Å². The molecule has 0 saturated carbocycles. The maximum atomic E-state index is 13.1. The Labute approximate surface area is 124 Å². The summed E-state index contributed by atoms with van der Waals surface area (Å²) in [6.07, 6.45) is 2.21. The quantitative estimate of drug-likeness (QED) is 0.838. The number of aliphatic carboxylic acids is 1. The number of hydrogen-bond donors (Lipinski definition) is 2. The molecular formula is C14H11ClFNO4. The zero-order valence-electron chi connectivity index (χ0n) is 10.6. The molecule has 7 heteroatoms. The van der Waals surface area contributed by atoms with E-state index in [4.69, 9.17) is 16.3 Å². The summed E-state index contributed by atoms with van der Waals surface area (Å²) in [4.78, 5) is 23.6. The van der Waals surface area contributed by atoms with E-state index in [0.29, 0.717) is 5.69 Å². The fourth-order valence-corrected chi connectivity index (χ4v) is 2.90. The summed E-state index contributed by atoms with van der Waals surface area (Å²) < 4.78 is 18.5. The number of hydrogen-bond acceptors (Lipinski definition) is 3. The number of halogens is 2. The van der Waals surface area contributed by atoms with Gasteiger partial charge in [-0.05, 0) is 18.2 Å². The Balaban J connectivity index is 1.80. The molecule has 2 heterocycles. The first-order valence-corrected chi connectivity index (χ1v) is 6.67. The van der Waals surface area contributed by atoms with Gasteiger partial charge in [-0.1, -0.05) is 23.8 Å². The molecule has 4 atom stereocenters. The highest BCUT2D eigenvalue weighted by molar-refractivity contribution is 6.31. The van der Waals surface area contributed by atoms with Crippen molar-refractivity contribution in [2.75, 3.05) is 5.32 Å². The summed E-state index contributed by atoms with van der Waals surface area (Å²) in [5, 5.41) is 11.7. The lowest BCUT2D eigenvalue weighted by atomic mass is 9.82. The second kappa shape index (κ2) is 5.13. The predicted octanol–water partition coefficient (Wildman–Crippen LogP) is 2.07. The van der Waals surface area contributed by atoms with Crippen LogP contribution >= 0.6 is 11.6 Å². The molecule has 0 aromatic heterocycles. The van der Waals surface area contributed by atoms with Crippen molar-refractivity contribution in [1.29, 1.82) is 0 Å². The van der Waals surface area contributed by atoms with Crippen LogP contribution in [0.25, 0.3) is 0 Å². The van der Waals surface area contributed by atoms with Crippen LogP contribution < -0.4 is 5.32 Å². The van der Waals surface area contributed by atoms with Crippen molar-refractivity contribution in [2.24, 2.45) is 11.8 Å². The number of benzene rings is 1. The Bertz CT molecular complexity index is 648. The van der Waals surface area contributed by atoms with Crippen molar-refractivity contribution in [1.82, 2.24) is 0 Å². The second-order valence-corrected chi connectivity index (χ2v) is 5.37. The monoisotopic (exact) mass is 311 g/mol. The molecule has 2 aliphatic rings. The van der Waals surface area contributed by atoms with Crippen molar-refractivity contribution in [3.05, 3.63) is 41.2 Å². The molecule has 21 heavy (non-hydrogen) atoms. The van der Waals surface area contributed by atoms with Gasteiger partial charge >= 0.3 is 5.97 Å². The molecule has 2 N–H and O–H groups in total. The van der Waals surface area contributed by atoms with Crippen LogP contribution in [0.4, 0.5) is 10.1 Å². The zero-order valence-corrected chi connectivity index (χ0v) is 11.4. The zero-order chi connectivity index (χ0) is 15.1. The molecule has 0 unspecified atom stereocenters. The van der Waals surface area contributed by atoms with E-state index in [-0.39, 0.29) is 5.02 Å². The summed E-state index contributed by atoms with van der Waals surface area (Å²) in [6.45, 7) is 0. The number of nitrogens with one attached hydrogen (secondary N) is 1. The average molecular weight is 312 g/mol. The number of ether oxygens (including phenoxy) is 1. The van der Waals surface area contributed by atoms with E-state index in [9.17, 15) is 19.1 Å². The van der Waals surface area contributed by atoms with E-state index in [2.05, 4.69) is 5.32 Å². The number of carboxylic acid groups (broad SMARTS) is 1. The molecule has 0 spiro atoms. The topological polar surface area (TPSA) is 75.6 Å². The summed E-state index contributed by atoms with van der Waals surface area (Å²) >= 11 is 5.64. The Hall–Kier alpha value is -1.92. The van der Waals surface area contributed by atoms with Gasteiger partial charge in [-0.2, -0.15) is 0 Å². The lowest BCUT2D eigenvalue weighted by Gasteiger charge is -2.21. The van der Waals surface area contributed by atoms with E-state index < -0.39 is 41.7 Å². The predicted molar refractivity (Wildman–Crippen MR) is 72.5 cm³/mol. The SMILES string of the molecule is O=C(O)[C@@H]1[C@@H](C(=O)Nc2ccc(F)c(Cl)c2)[C@H]2C=C[C@@H]1O2. The van der Waals surface area contributed by atoms with Crippen LogP contribution in [0.1, 0.15) is 0 Å². The first-order chi connectivity index (χ1) is 9.97. The normalized spacial score (nSPS) is 29.6. The Morgan fingerprint density at radius 1 is 1.24 bits per heavy atom. The number of anilines is 1. The van der Waals surface area contributed by atoms with E-state index in [1.165, 1.54) is 12.1 Å². The molecule has 0 radical (unpaired) electrons. The molecule has 1 aromatic rings. The van der Waals surface area contributed by atoms with E-state index in [0.717, 1.165) is 6.07 Å². The van der Waals surface area contributed by atoms with Gasteiger partial charge < -0.3 is 15.2 Å². The Morgan fingerprint density at radius 3 is 2.52 bits per heavy atom. The molecule has 5 nitrogen and oxygen atoms in total. The fourth-order valence-electron chi connectivity index (χ4n) is 2.71. The van der Waals surface area contributed by atoms with Crippen molar-refractivity contribution in [3.63, 3.8) is 0 Å². The average Bonchev–Trinajstić information content (AvgIpc) is 3.03. The van der Waals surface area contributed by atoms with Crippen molar-refractivity contribution < 1.29 is 23.8 Å². The van der Waals surface area contributed by atoms with Gasteiger partial charge in [0.15, 0.2) is 0 Å². The summed E-state index contributed by atoms with van der Waals surface area (Å²) in [5.74, 6) is -3.90. The highest BCUT2D eigenvalue weighted by atomic mass is 35.5. The number of carbonyl (C=O) groups is 2. The van der Waals surface area contributed by atoms with Crippen LogP contribution in [-0.4, -0.2) is 29.2 Å². The third-order valence-electron chi connectivity index (χ3n) is 3.67. The van der Waals surface area contributed by atoms with E-state index in [1.54, 1.807) is 12.2 Å². The molecular weight excluding hydrogens is 301 g/mol. The third kappa shape index (κ3) is 2.41. The third-order valence-corrected chi connectivity index (χ3v) is 3.96. The number of fused-ring (bicyclic) bond motifs is 2. The van der Waals surface area contributed by atoms with Crippen LogP contribution in [0.5, 0.6) is 0 Å². The second-order valence-electron chi connectivity index (χ2n) is 4.96. The van der Waals surface area contributed by atoms with Gasteiger partial charge in [0.1, 0.15) is 11.7 Å². The lowest BCUT2D eigenvalue weighted by Crippen LogP contribution is -2.39. The van der Waals surface area contributed by atoms with E-state index in [1.807, 2.05) is 0 Å². The lowest BCUT2D eigenvalue weighted by molar-refractivity contribution is -0.145. The van der Waals surface area contributed by atoms with Gasteiger partial charge in [0, 0.05) is 5.69 Å². The molecule has 110 valence electrons. The molecule has 1 saturated heterocycles. The van der Waals surface area contributed by atoms with Crippen molar-refractivity contribution in [2.45, 2.75) is 12.2 Å². The number of carbonyl (C=O) groups excluding carboxylic acids is 1. The minimum Gasteiger partial charge on any atom is -0.481 e. The Kier molecular flexibility index (Phi) is 3.43. The molecule has 1 fully saturated rings. The summed E-state index contributed by atoms with van der Waals surface area (Å²) in [7, 11) is 0. The highest BCUT2D eigenvalue weighted by Gasteiger charge is 2.53. The smallest absolute Gasteiger partial charge is 0.310 e. The van der Waals surface area contributed by atoms with Crippen LogP contribution in [0.3, 0.4) is 0 Å². The molecule has 0 aliphatic carbocycles.